The Kier molecular flexibility index (Phi) is 4.45. The quantitative estimate of drug-likeness (QED) is 0.707. The van der Waals surface area contributed by atoms with E-state index in [2.05, 4.69) is 25.5 Å². The number of aromatic amines is 1. The van der Waals surface area contributed by atoms with Gasteiger partial charge in [0.05, 0.1) is 5.75 Å². The molecule has 0 aliphatic heterocycles. The predicted molar refractivity (Wildman–Crippen MR) is 89.6 cm³/mol. The molecule has 0 fully saturated rings. The van der Waals surface area contributed by atoms with E-state index in [0.717, 1.165) is 16.8 Å². The van der Waals surface area contributed by atoms with Gasteiger partial charge in [-0.3, -0.25) is 14.9 Å². The molecular weight excluding hydrogens is 298 g/mol. The molecule has 2 aromatic heterocycles. The molecule has 2 N–H and O–H groups in total. The Labute approximate surface area is 134 Å². The molecule has 3 rings (SSSR count). The summed E-state index contributed by atoms with van der Waals surface area (Å²) in [6.45, 7) is 0. The van der Waals surface area contributed by atoms with E-state index in [1.807, 2.05) is 36.4 Å². The van der Waals surface area contributed by atoms with Gasteiger partial charge in [-0.2, -0.15) is 5.10 Å². The van der Waals surface area contributed by atoms with Crippen LogP contribution in [0.5, 0.6) is 0 Å². The van der Waals surface area contributed by atoms with Crippen LogP contribution in [0.2, 0.25) is 0 Å². The van der Waals surface area contributed by atoms with E-state index in [1.54, 1.807) is 12.4 Å². The van der Waals surface area contributed by atoms with Crippen molar-refractivity contribution in [3.05, 3.63) is 55.1 Å². The van der Waals surface area contributed by atoms with Crippen molar-refractivity contribution in [2.75, 3.05) is 11.1 Å². The summed E-state index contributed by atoms with van der Waals surface area (Å²) < 4.78 is 0. The molecule has 0 aliphatic rings. The number of hydrogen-bond donors (Lipinski definition) is 2. The second-order valence-corrected chi connectivity index (χ2v) is 5.40. The maximum absolute atomic E-state index is 11.9. The van der Waals surface area contributed by atoms with E-state index >= 15 is 0 Å². The third kappa shape index (κ3) is 3.70. The molecule has 2 heterocycles. The SMILES string of the molecule is O=C(CSc1ncn[nH]1)Nc1ccc(-c2ccncc2)cc1.[HH].[HH]. The Morgan fingerprint density at radius 1 is 1.14 bits per heavy atom. The van der Waals surface area contributed by atoms with Gasteiger partial charge in [-0.25, -0.2) is 4.98 Å². The van der Waals surface area contributed by atoms with Crippen LogP contribution < -0.4 is 5.32 Å². The number of carbonyl (C=O) groups is 1. The molecule has 6 nitrogen and oxygen atoms in total. The third-order valence-electron chi connectivity index (χ3n) is 2.92. The topological polar surface area (TPSA) is 83.6 Å². The van der Waals surface area contributed by atoms with Crippen LogP contribution in [0.1, 0.15) is 2.85 Å². The molecule has 0 aliphatic carbocycles. The normalized spacial score (nSPS) is 10.4. The number of nitrogens with zero attached hydrogens (tertiary/aromatic N) is 3. The minimum Gasteiger partial charge on any atom is -0.325 e. The summed E-state index contributed by atoms with van der Waals surface area (Å²) in [6, 6.07) is 11.6. The largest absolute Gasteiger partial charge is 0.325 e. The lowest BCUT2D eigenvalue weighted by Gasteiger charge is -2.06. The van der Waals surface area contributed by atoms with Crippen molar-refractivity contribution >= 4 is 23.4 Å². The van der Waals surface area contributed by atoms with E-state index in [0.29, 0.717) is 5.16 Å². The molecule has 22 heavy (non-hydrogen) atoms. The molecule has 0 spiro atoms. The molecule has 7 heteroatoms. The smallest absolute Gasteiger partial charge is 0.234 e. The summed E-state index contributed by atoms with van der Waals surface area (Å²) in [4.78, 5) is 19.8. The van der Waals surface area contributed by atoms with Crippen molar-refractivity contribution < 1.29 is 7.65 Å². The van der Waals surface area contributed by atoms with Gasteiger partial charge < -0.3 is 5.32 Å². The fraction of sp³-hybridized carbons (Fsp3) is 0.0667. The molecule has 114 valence electrons. The average molecular weight is 315 g/mol. The maximum Gasteiger partial charge on any atom is 0.234 e. The first-order valence-electron chi connectivity index (χ1n) is 6.60. The second kappa shape index (κ2) is 6.86. The monoisotopic (exact) mass is 315 g/mol. The zero-order valence-corrected chi connectivity index (χ0v) is 12.4. The Morgan fingerprint density at radius 3 is 2.55 bits per heavy atom. The number of thioether (sulfide) groups is 1. The van der Waals surface area contributed by atoms with Crippen LogP contribution in [0.3, 0.4) is 0 Å². The van der Waals surface area contributed by atoms with E-state index in [-0.39, 0.29) is 14.5 Å². The van der Waals surface area contributed by atoms with Gasteiger partial charge in [-0.05, 0) is 35.4 Å². The number of aromatic nitrogens is 4. The lowest BCUT2D eigenvalue weighted by molar-refractivity contribution is -0.113. The van der Waals surface area contributed by atoms with Gasteiger partial charge in [0.1, 0.15) is 6.33 Å². The Hall–Kier alpha value is -2.67. The van der Waals surface area contributed by atoms with Crippen LogP contribution in [-0.2, 0) is 4.79 Å². The fourth-order valence-corrected chi connectivity index (χ4v) is 2.46. The van der Waals surface area contributed by atoms with Crippen LogP contribution in [0.25, 0.3) is 11.1 Å². The molecule has 0 atom stereocenters. The summed E-state index contributed by atoms with van der Waals surface area (Å²) in [5.74, 6) is 0.194. The number of anilines is 1. The van der Waals surface area contributed by atoms with Crippen LogP contribution in [0.15, 0.2) is 60.3 Å². The lowest BCUT2D eigenvalue weighted by atomic mass is 10.1. The number of nitrogens with one attached hydrogen (secondary N) is 2. The van der Waals surface area contributed by atoms with Gasteiger partial charge in [-0.15, -0.1) is 0 Å². The molecule has 1 amide bonds. The lowest BCUT2D eigenvalue weighted by Crippen LogP contribution is -2.14. The van der Waals surface area contributed by atoms with E-state index in [9.17, 15) is 4.79 Å². The van der Waals surface area contributed by atoms with Gasteiger partial charge in [0.15, 0.2) is 5.16 Å². The number of hydrogen-bond acceptors (Lipinski definition) is 5. The highest BCUT2D eigenvalue weighted by Gasteiger charge is 2.05. The average Bonchev–Trinajstić information content (AvgIpc) is 3.08. The highest BCUT2D eigenvalue weighted by atomic mass is 32.2. The molecule has 0 radical (unpaired) electrons. The predicted octanol–water partition coefficient (Wildman–Crippen LogP) is 3.09. The maximum atomic E-state index is 11.9. The fourth-order valence-electron chi connectivity index (χ4n) is 1.89. The van der Waals surface area contributed by atoms with E-state index < -0.39 is 0 Å². The molecule has 0 bridgehead atoms. The number of pyridine rings is 1. The Morgan fingerprint density at radius 2 is 1.86 bits per heavy atom. The first-order valence-corrected chi connectivity index (χ1v) is 7.58. The molecular formula is C15H17N5OS. The molecule has 0 unspecified atom stereocenters. The van der Waals surface area contributed by atoms with Crippen LogP contribution in [-0.4, -0.2) is 31.8 Å². The standard InChI is InChI=1S/C15H13N5OS.2H2/c21-14(9-22-15-17-10-18-20-15)19-13-3-1-11(2-4-13)12-5-7-16-8-6-12;;/h1-8,10H,9H2,(H,19,21)(H,17,18,20);2*1H. The first kappa shape index (κ1) is 14.3. The van der Waals surface area contributed by atoms with Crippen LogP contribution in [0.4, 0.5) is 5.69 Å². The number of benzene rings is 1. The molecule has 1 aromatic carbocycles. The van der Waals surface area contributed by atoms with Crippen molar-refractivity contribution in [1.29, 1.82) is 0 Å². The first-order chi connectivity index (χ1) is 10.8. The zero-order valence-electron chi connectivity index (χ0n) is 11.6. The summed E-state index contributed by atoms with van der Waals surface area (Å²) >= 11 is 1.31. The van der Waals surface area contributed by atoms with Crippen molar-refractivity contribution in [2.24, 2.45) is 0 Å². The minimum atomic E-state index is -0.0851. The highest BCUT2D eigenvalue weighted by molar-refractivity contribution is 7.99. The van der Waals surface area contributed by atoms with Crippen molar-refractivity contribution in [2.45, 2.75) is 5.16 Å². The molecule has 0 saturated heterocycles. The number of amides is 1. The molecule has 0 saturated carbocycles. The highest BCUT2D eigenvalue weighted by Crippen LogP contribution is 2.20. The minimum absolute atomic E-state index is 0. The van der Waals surface area contributed by atoms with Gasteiger partial charge in [0.2, 0.25) is 5.91 Å². The van der Waals surface area contributed by atoms with Crippen LogP contribution >= 0.6 is 11.8 Å². The van der Waals surface area contributed by atoms with Crippen molar-refractivity contribution in [3.8, 4) is 11.1 Å². The summed E-state index contributed by atoms with van der Waals surface area (Å²) in [5, 5.41) is 9.91. The van der Waals surface area contributed by atoms with E-state index in [1.165, 1.54) is 18.1 Å². The summed E-state index contributed by atoms with van der Waals surface area (Å²) in [6.07, 6.45) is 4.93. The molecule has 3 aromatic rings. The number of rotatable bonds is 5. The zero-order chi connectivity index (χ0) is 15.2. The number of H-pyrrole nitrogens is 1. The second-order valence-electron chi connectivity index (χ2n) is 4.44. The van der Waals surface area contributed by atoms with Crippen molar-refractivity contribution in [1.82, 2.24) is 20.2 Å². The van der Waals surface area contributed by atoms with Crippen LogP contribution in [0, 0.1) is 0 Å². The van der Waals surface area contributed by atoms with Gasteiger partial charge >= 0.3 is 0 Å². The van der Waals surface area contributed by atoms with Gasteiger partial charge in [0, 0.05) is 20.9 Å². The van der Waals surface area contributed by atoms with E-state index in [4.69, 9.17) is 0 Å². The van der Waals surface area contributed by atoms with Gasteiger partial charge in [0.25, 0.3) is 0 Å². The van der Waals surface area contributed by atoms with Crippen molar-refractivity contribution in [3.63, 3.8) is 0 Å². The Balaban J connectivity index is 0.00000144. The number of carbonyl (C=O) groups excluding carboxylic acids is 1. The third-order valence-corrected chi connectivity index (χ3v) is 3.79. The summed E-state index contributed by atoms with van der Waals surface area (Å²) in [7, 11) is 0. The van der Waals surface area contributed by atoms with Gasteiger partial charge in [-0.1, -0.05) is 23.9 Å². The Bertz CT molecular complexity index is 738. The summed E-state index contributed by atoms with van der Waals surface area (Å²) in [5.41, 5.74) is 2.94.